The third-order valence-corrected chi connectivity index (χ3v) is 5.65. The molecule has 0 radical (unpaired) electrons. The lowest BCUT2D eigenvalue weighted by Gasteiger charge is -2.16. The molecule has 0 amide bonds. The molecular formula is C20H28IN7O2S. The zero-order valence-electron chi connectivity index (χ0n) is 18.1. The van der Waals surface area contributed by atoms with Gasteiger partial charge in [0, 0.05) is 25.7 Å². The molecule has 9 nitrogen and oxygen atoms in total. The molecule has 0 aromatic carbocycles. The Morgan fingerprint density at radius 1 is 1.32 bits per heavy atom. The Hall–Kier alpha value is -2.28. The van der Waals surface area contributed by atoms with Crippen molar-refractivity contribution in [3.8, 4) is 0 Å². The second-order valence-corrected chi connectivity index (χ2v) is 7.64. The van der Waals surface area contributed by atoms with Gasteiger partial charge in [0.05, 0.1) is 18.3 Å². The van der Waals surface area contributed by atoms with Crippen LogP contribution in [0.25, 0.3) is 5.65 Å². The second kappa shape index (κ2) is 11.9. The average Bonchev–Trinajstić information content (AvgIpc) is 3.32. The van der Waals surface area contributed by atoms with E-state index in [-0.39, 0.29) is 36.0 Å². The van der Waals surface area contributed by atoms with E-state index in [9.17, 15) is 4.79 Å². The maximum Gasteiger partial charge on any atom is 0.350 e. The Morgan fingerprint density at radius 3 is 2.87 bits per heavy atom. The van der Waals surface area contributed by atoms with Gasteiger partial charge in [0.2, 0.25) is 0 Å². The number of nitrogens with zero attached hydrogens (tertiary/aromatic N) is 5. The van der Waals surface area contributed by atoms with E-state index in [1.54, 1.807) is 6.92 Å². The number of hydrogen-bond acceptors (Lipinski definition) is 7. The molecule has 31 heavy (non-hydrogen) atoms. The van der Waals surface area contributed by atoms with Crippen LogP contribution in [0.3, 0.4) is 0 Å². The van der Waals surface area contributed by atoms with Gasteiger partial charge in [-0.3, -0.25) is 9.39 Å². The molecule has 0 spiro atoms. The maximum absolute atomic E-state index is 12.1. The fourth-order valence-corrected chi connectivity index (χ4v) is 3.87. The molecule has 0 aliphatic carbocycles. The number of halogens is 1. The Bertz CT molecular complexity index is 1030. The molecule has 1 unspecified atom stereocenters. The van der Waals surface area contributed by atoms with Crippen LogP contribution in [0.2, 0.25) is 0 Å². The number of hydrogen-bond donors (Lipinski definition) is 2. The normalized spacial score (nSPS) is 12.3. The van der Waals surface area contributed by atoms with Crippen LogP contribution in [-0.2, 0) is 11.2 Å². The minimum Gasteiger partial charge on any atom is -0.462 e. The lowest BCUT2D eigenvalue weighted by molar-refractivity contribution is 0.0531. The summed E-state index contributed by atoms with van der Waals surface area (Å²) in [7, 11) is 0. The van der Waals surface area contributed by atoms with Crippen molar-refractivity contribution < 1.29 is 9.53 Å². The number of thiazole rings is 1. The van der Waals surface area contributed by atoms with Gasteiger partial charge in [0.15, 0.2) is 11.6 Å². The molecule has 3 aromatic heterocycles. The number of aliphatic imine (C=N–C) groups is 1. The number of guanidine groups is 1. The van der Waals surface area contributed by atoms with Crippen molar-refractivity contribution in [2.24, 2.45) is 4.99 Å². The van der Waals surface area contributed by atoms with Gasteiger partial charge in [-0.1, -0.05) is 6.07 Å². The van der Waals surface area contributed by atoms with E-state index in [0.717, 1.165) is 23.0 Å². The van der Waals surface area contributed by atoms with Crippen molar-refractivity contribution in [1.29, 1.82) is 0 Å². The first kappa shape index (κ1) is 25.0. The summed E-state index contributed by atoms with van der Waals surface area (Å²) >= 11 is 1.35. The molecule has 0 saturated heterocycles. The molecule has 3 rings (SSSR count). The van der Waals surface area contributed by atoms with Crippen molar-refractivity contribution in [3.63, 3.8) is 0 Å². The van der Waals surface area contributed by atoms with E-state index in [2.05, 4.69) is 30.8 Å². The molecule has 3 heterocycles. The second-order valence-electron chi connectivity index (χ2n) is 6.61. The summed E-state index contributed by atoms with van der Waals surface area (Å²) in [5, 5.41) is 15.8. The lowest BCUT2D eigenvalue weighted by Crippen LogP contribution is -2.38. The van der Waals surface area contributed by atoms with Gasteiger partial charge in [-0.15, -0.1) is 45.5 Å². The standard InChI is InChI=1S/C20H27N7O2S.HI/c1-5-21-20(22-11-10-16-26-25-15-9-7-8-12-27(15)16)24-14(4)18-23-13(3)17(30-18)19(28)29-6-2;/h7-9,12,14H,5-6,10-11H2,1-4H3,(H2,21,22,24);1H. The van der Waals surface area contributed by atoms with Crippen LogP contribution in [0.15, 0.2) is 29.4 Å². The van der Waals surface area contributed by atoms with E-state index in [1.807, 2.05) is 49.6 Å². The molecule has 11 heteroatoms. The summed E-state index contributed by atoms with van der Waals surface area (Å²) in [4.78, 5) is 21.8. The Kier molecular flexibility index (Phi) is 9.62. The molecular weight excluding hydrogens is 529 g/mol. The number of nitrogens with one attached hydrogen (secondary N) is 2. The highest BCUT2D eigenvalue weighted by Gasteiger charge is 2.20. The predicted octanol–water partition coefficient (Wildman–Crippen LogP) is 3.15. The SMILES string of the molecule is CCNC(=NCCc1nnc2ccccn12)NC(C)c1nc(C)c(C(=O)OCC)s1.I. The largest absolute Gasteiger partial charge is 0.462 e. The van der Waals surface area contributed by atoms with Crippen LogP contribution in [0.1, 0.15) is 53.0 Å². The average molecular weight is 557 g/mol. The molecule has 1 atom stereocenters. The van der Waals surface area contributed by atoms with E-state index in [0.29, 0.717) is 36.1 Å². The number of carbonyl (C=O) groups is 1. The highest BCUT2D eigenvalue weighted by atomic mass is 127. The van der Waals surface area contributed by atoms with Gasteiger partial charge in [-0.05, 0) is 39.8 Å². The summed E-state index contributed by atoms with van der Waals surface area (Å²) in [6.45, 7) is 9.26. The van der Waals surface area contributed by atoms with Crippen LogP contribution in [0.5, 0.6) is 0 Å². The molecule has 0 aliphatic heterocycles. The highest BCUT2D eigenvalue weighted by molar-refractivity contribution is 14.0. The molecule has 168 valence electrons. The first-order valence-corrected chi connectivity index (χ1v) is 10.8. The third kappa shape index (κ3) is 6.35. The predicted molar refractivity (Wildman–Crippen MR) is 132 cm³/mol. The minimum atomic E-state index is -0.327. The van der Waals surface area contributed by atoms with E-state index in [1.165, 1.54) is 11.3 Å². The van der Waals surface area contributed by atoms with Crippen molar-refractivity contribution in [3.05, 3.63) is 45.8 Å². The monoisotopic (exact) mass is 557 g/mol. The number of aromatic nitrogens is 4. The number of ether oxygens (including phenoxy) is 1. The van der Waals surface area contributed by atoms with Crippen LogP contribution in [-0.4, -0.2) is 51.2 Å². The van der Waals surface area contributed by atoms with Gasteiger partial charge in [0.1, 0.15) is 15.7 Å². The summed E-state index contributed by atoms with van der Waals surface area (Å²) in [5.41, 5.74) is 1.51. The van der Waals surface area contributed by atoms with Crippen LogP contribution in [0, 0.1) is 6.92 Å². The smallest absolute Gasteiger partial charge is 0.350 e. The first-order chi connectivity index (χ1) is 14.5. The number of carbonyl (C=O) groups excluding carboxylic acids is 1. The summed E-state index contributed by atoms with van der Waals surface area (Å²) in [6, 6.07) is 5.71. The summed E-state index contributed by atoms with van der Waals surface area (Å²) in [5.74, 6) is 1.23. The fourth-order valence-electron chi connectivity index (χ4n) is 2.90. The van der Waals surface area contributed by atoms with Crippen molar-refractivity contribution in [1.82, 2.24) is 30.2 Å². The summed E-state index contributed by atoms with van der Waals surface area (Å²) in [6.07, 6.45) is 2.62. The van der Waals surface area contributed by atoms with Crippen molar-refractivity contribution in [2.45, 2.75) is 40.2 Å². The molecule has 0 fully saturated rings. The Labute approximate surface area is 202 Å². The van der Waals surface area contributed by atoms with Gasteiger partial charge in [-0.25, -0.2) is 9.78 Å². The molecule has 0 aliphatic rings. The summed E-state index contributed by atoms with van der Waals surface area (Å²) < 4.78 is 7.07. The van der Waals surface area contributed by atoms with Crippen LogP contribution >= 0.6 is 35.3 Å². The molecule has 3 aromatic rings. The number of rotatable bonds is 8. The molecule has 0 bridgehead atoms. The maximum atomic E-state index is 12.1. The van der Waals surface area contributed by atoms with Crippen LogP contribution in [0.4, 0.5) is 0 Å². The number of esters is 1. The van der Waals surface area contributed by atoms with Crippen molar-refractivity contribution >= 4 is 52.9 Å². The number of fused-ring (bicyclic) bond motifs is 1. The fraction of sp³-hybridized carbons (Fsp3) is 0.450. The van der Waals surface area contributed by atoms with Crippen LogP contribution < -0.4 is 10.6 Å². The minimum absolute atomic E-state index is 0. The number of aryl methyl sites for hydroxylation is 1. The Balaban J connectivity index is 0.00000341. The van der Waals surface area contributed by atoms with E-state index >= 15 is 0 Å². The molecule has 0 saturated carbocycles. The van der Waals surface area contributed by atoms with Gasteiger partial charge in [0.25, 0.3) is 0 Å². The van der Waals surface area contributed by atoms with E-state index < -0.39 is 0 Å². The van der Waals surface area contributed by atoms with Crippen molar-refractivity contribution in [2.75, 3.05) is 19.7 Å². The highest BCUT2D eigenvalue weighted by Crippen LogP contribution is 2.24. The third-order valence-electron chi connectivity index (χ3n) is 4.33. The molecule has 2 N–H and O–H groups in total. The quantitative estimate of drug-likeness (QED) is 0.190. The Morgan fingerprint density at radius 2 is 2.13 bits per heavy atom. The van der Waals surface area contributed by atoms with Gasteiger partial charge < -0.3 is 15.4 Å². The lowest BCUT2D eigenvalue weighted by atomic mass is 10.3. The zero-order chi connectivity index (χ0) is 21.5. The van der Waals surface area contributed by atoms with Gasteiger partial charge >= 0.3 is 5.97 Å². The van der Waals surface area contributed by atoms with E-state index in [4.69, 9.17) is 4.74 Å². The zero-order valence-corrected chi connectivity index (χ0v) is 21.2. The first-order valence-electron chi connectivity index (χ1n) is 10.0. The van der Waals surface area contributed by atoms with Gasteiger partial charge in [-0.2, -0.15) is 0 Å². The topological polar surface area (TPSA) is 106 Å². The number of pyridine rings is 1.